The number of carbonyl (C=O) groups excluding carboxylic acids is 2. The van der Waals surface area contributed by atoms with Crippen molar-refractivity contribution in [1.82, 2.24) is 4.72 Å². The molecule has 0 aliphatic carbocycles. The Morgan fingerprint density at radius 3 is 2.23 bits per heavy atom. The average Bonchev–Trinajstić information content (AvgIpc) is 2.61. The first-order chi connectivity index (χ1) is 12.2. The largest absolute Gasteiger partial charge is 0.326 e. The van der Waals surface area contributed by atoms with Crippen LogP contribution in [0.2, 0.25) is 0 Å². The molecule has 2 rings (SSSR count). The van der Waals surface area contributed by atoms with Crippen molar-refractivity contribution in [2.24, 2.45) is 0 Å². The number of amides is 1. The number of rotatable bonds is 7. The predicted octanol–water partition coefficient (Wildman–Crippen LogP) is 2.81. The Hall–Kier alpha value is -2.51. The first kappa shape index (κ1) is 19.8. The molecular formula is C19H22N2O4S. The summed E-state index contributed by atoms with van der Waals surface area (Å²) in [7, 11) is -2.28. The van der Waals surface area contributed by atoms with Gasteiger partial charge in [0.25, 0.3) is 0 Å². The van der Waals surface area contributed by atoms with Crippen LogP contribution in [0.3, 0.4) is 0 Å². The monoisotopic (exact) mass is 374 g/mol. The Bertz CT molecular complexity index is 919. The maximum Gasteiger partial charge on any atom is 0.240 e. The van der Waals surface area contributed by atoms with Crippen LogP contribution in [-0.4, -0.2) is 27.2 Å². The number of aryl methyl sites for hydroxylation is 2. The zero-order valence-electron chi connectivity index (χ0n) is 15.0. The lowest BCUT2D eigenvalue weighted by atomic mass is 10.0. The summed E-state index contributed by atoms with van der Waals surface area (Å²) < 4.78 is 26.2. The van der Waals surface area contributed by atoms with E-state index in [0.717, 1.165) is 5.56 Å². The van der Waals surface area contributed by atoms with Crippen molar-refractivity contribution in [3.05, 3.63) is 59.2 Å². The van der Waals surface area contributed by atoms with Crippen LogP contribution in [0.4, 0.5) is 5.69 Å². The second-order valence-electron chi connectivity index (χ2n) is 6.03. The summed E-state index contributed by atoms with van der Waals surface area (Å²) >= 11 is 0. The van der Waals surface area contributed by atoms with Crippen LogP contribution in [0.15, 0.2) is 47.4 Å². The van der Waals surface area contributed by atoms with Crippen molar-refractivity contribution in [3.8, 4) is 0 Å². The number of carbonyl (C=O) groups is 2. The van der Waals surface area contributed by atoms with E-state index in [-0.39, 0.29) is 29.4 Å². The summed E-state index contributed by atoms with van der Waals surface area (Å²) in [4.78, 5) is 24.3. The first-order valence-electron chi connectivity index (χ1n) is 8.17. The molecule has 7 heteroatoms. The van der Waals surface area contributed by atoms with Crippen LogP contribution in [0.5, 0.6) is 0 Å². The minimum absolute atomic E-state index is 0.0225. The maximum atomic E-state index is 12.1. The lowest BCUT2D eigenvalue weighted by molar-refractivity contribution is -0.116. The van der Waals surface area contributed by atoms with Gasteiger partial charge in [0, 0.05) is 24.1 Å². The van der Waals surface area contributed by atoms with E-state index < -0.39 is 10.0 Å². The molecule has 6 nitrogen and oxygen atoms in total. The van der Waals surface area contributed by atoms with Crippen LogP contribution >= 0.6 is 0 Å². The minimum Gasteiger partial charge on any atom is -0.326 e. The summed E-state index contributed by atoms with van der Waals surface area (Å²) in [5.74, 6) is -0.454. The molecule has 0 fully saturated rings. The summed E-state index contributed by atoms with van der Waals surface area (Å²) in [5.41, 5.74) is 2.58. The van der Waals surface area contributed by atoms with E-state index in [1.165, 1.54) is 13.1 Å². The van der Waals surface area contributed by atoms with E-state index in [1.54, 1.807) is 31.2 Å². The third kappa shape index (κ3) is 5.00. The van der Waals surface area contributed by atoms with E-state index in [4.69, 9.17) is 0 Å². The lowest BCUT2D eigenvalue weighted by Gasteiger charge is -2.10. The van der Waals surface area contributed by atoms with Crippen LogP contribution in [0, 0.1) is 13.8 Å². The first-order valence-corrected chi connectivity index (χ1v) is 9.65. The normalized spacial score (nSPS) is 11.2. The van der Waals surface area contributed by atoms with Gasteiger partial charge < -0.3 is 5.32 Å². The Morgan fingerprint density at radius 2 is 1.62 bits per heavy atom. The lowest BCUT2D eigenvalue weighted by Crippen LogP contribution is -2.20. The van der Waals surface area contributed by atoms with Gasteiger partial charge in [0.05, 0.1) is 4.90 Å². The number of hydrogen-bond donors (Lipinski definition) is 2. The van der Waals surface area contributed by atoms with Crippen molar-refractivity contribution >= 4 is 27.4 Å². The van der Waals surface area contributed by atoms with Crippen LogP contribution in [-0.2, 0) is 14.8 Å². The van der Waals surface area contributed by atoms with E-state index in [9.17, 15) is 18.0 Å². The van der Waals surface area contributed by atoms with Gasteiger partial charge in [-0.3, -0.25) is 9.59 Å². The summed E-state index contributed by atoms with van der Waals surface area (Å²) in [6.45, 7) is 3.61. The molecule has 0 aromatic heterocycles. The number of ketones is 1. The molecule has 138 valence electrons. The number of sulfonamides is 1. The van der Waals surface area contributed by atoms with Crippen molar-refractivity contribution in [1.29, 1.82) is 0 Å². The molecule has 2 N–H and O–H groups in total. The Kier molecular flexibility index (Phi) is 6.28. The van der Waals surface area contributed by atoms with Crippen molar-refractivity contribution in [3.63, 3.8) is 0 Å². The average molecular weight is 374 g/mol. The van der Waals surface area contributed by atoms with Crippen LogP contribution in [0.1, 0.15) is 34.3 Å². The zero-order chi connectivity index (χ0) is 19.3. The van der Waals surface area contributed by atoms with Gasteiger partial charge >= 0.3 is 0 Å². The highest BCUT2D eigenvalue weighted by molar-refractivity contribution is 7.89. The van der Waals surface area contributed by atoms with Gasteiger partial charge in [0.2, 0.25) is 15.9 Å². The highest BCUT2D eigenvalue weighted by Gasteiger charge is 2.16. The zero-order valence-corrected chi connectivity index (χ0v) is 15.8. The maximum absolute atomic E-state index is 12.1. The van der Waals surface area contributed by atoms with Gasteiger partial charge in [0.1, 0.15) is 0 Å². The molecule has 0 heterocycles. The quantitative estimate of drug-likeness (QED) is 0.729. The van der Waals surface area contributed by atoms with Gasteiger partial charge in [0.15, 0.2) is 5.78 Å². The predicted molar refractivity (Wildman–Crippen MR) is 101 cm³/mol. The molecule has 0 saturated carbocycles. The smallest absolute Gasteiger partial charge is 0.240 e. The fraction of sp³-hybridized carbons (Fsp3) is 0.263. The highest BCUT2D eigenvalue weighted by atomic mass is 32.2. The highest BCUT2D eigenvalue weighted by Crippen LogP contribution is 2.20. The van der Waals surface area contributed by atoms with Gasteiger partial charge in [-0.1, -0.05) is 35.9 Å². The molecule has 2 aromatic rings. The SMILES string of the molecule is CNS(=O)(=O)c1cc(NC(=O)CCC(=O)c2ccc(C)cc2)ccc1C. The fourth-order valence-electron chi connectivity index (χ4n) is 2.41. The molecule has 0 unspecified atom stereocenters. The topological polar surface area (TPSA) is 92.3 Å². The molecule has 0 radical (unpaired) electrons. The van der Waals surface area contributed by atoms with E-state index in [0.29, 0.717) is 16.8 Å². The van der Waals surface area contributed by atoms with Crippen LogP contribution in [0.25, 0.3) is 0 Å². The molecule has 0 aliphatic rings. The minimum atomic E-state index is -3.61. The fourth-order valence-corrected chi connectivity index (χ4v) is 3.41. The van der Waals surface area contributed by atoms with E-state index >= 15 is 0 Å². The molecule has 0 saturated heterocycles. The number of hydrogen-bond acceptors (Lipinski definition) is 4. The van der Waals surface area contributed by atoms with Gasteiger partial charge in [-0.05, 0) is 38.6 Å². The number of anilines is 1. The number of benzene rings is 2. The molecular weight excluding hydrogens is 352 g/mol. The molecule has 0 spiro atoms. The van der Waals surface area contributed by atoms with Gasteiger partial charge in [-0.25, -0.2) is 13.1 Å². The molecule has 0 aliphatic heterocycles. The van der Waals surface area contributed by atoms with Gasteiger partial charge in [-0.2, -0.15) is 0 Å². The number of nitrogens with one attached hydrogen (secondary N) is 2. The standard InChI is InChI=1S/C19H22N2O4S/c1-13-4-7-15(8-5-13)17(22)10-11-19(23)21-16-9-6-14(2)18(12-16)26(24,25)20-3/h4-9,12,20H,10-11H2,1-3H3,(H,21,23). The Labute approximate surface area is 153 Å². The Morgan fingerprint density at radius 1 is 0.962 bits per heavy atom. The van der Waals surface area contributed by atoms with Crippen LogP contribution < -0.4 is 10.0 Å². The number of Topliss-reactive ketones (excluding diaryl/α,β-unsaturated/α-hetero) is 1. The van der Waals surface area contributed by atoms with Crippen molar-refractivity contribution < 1.29 is 18.0 Å². The summed E-state index contributed by atoms with van der Waals surface area (Å²) in [5, 5.41) is 2.64. The molecule has 0 atom stereocenters. The molecule has 1 amide bonds. The second kappa shape index (κ2) is 8.25. The third-order valence-corrected chi connectivity index (χ3v) is 5.54. The Balaban J connectivity index is 2.01. The summed E-state index contributed by atoms with van der Waals surface area (Å²) in [6.07, 6.45) is 0.108. The third-order valence-electron chi connectivity index (χ3n) is 3.98. The van der Waals surface area contributed by atoms with E-state index in [2.05, 4.69) is 10.0 Å². The van der Waals surface area contributed by atoms with E-state index in [1.807, 2.05) is 19.1 Å². The second-order valence-corrected chi connectivity index (χ2v) is 7.88. The molecule has 0 bridgehead atoms. The summed E-state index contributed by atoms with van der Waals surface area (Å²) in [6, 6.07) is 11.8. The molecule has 26 heavy (non-hydrogen) atoms. The van der Waals surface area contributed by atoms with Crippen molar-refractivity contribution in [2.75, 3.05) is 12.4 Å². The van der Waals surface area contributed by atoms with Crippen molar-refractivity contribution in [2.45, 2.75) is 31.6 Å². The van der Waals surface area contributed by atoms with Gasteiger partial charge in [-0.15, -0.1) is 0 Å². The molecule has 2 aromatic carbocycles.